The van der Waals surface area contributed by atoms with Crippen molar-refractivity contribution >= 4 is 29.0 Å². The highest BCUT2D eigenvalue weighted by Gasteiger charge is 2.30. The molecule has 0 radical (unpaired) electrons. The molecule has 0 bridgehead atoms. The predicted octanol–water partition coefficient (Wildman–Crippen LogP) is 1.25. The standard InChI is InChI=1S/C22H30N6O2S/c1-25-6-8-26(9-7-25)21-18-16-28(20(29)15-17-3-2-14-31-17)5-4-19(18)23-22(24-21)27-10-12-30-13-11-27/h2-3,14H,4-13,15-16H2,1H3. The van der Waals surface area contributed by atoms with Gasteiger partial charge in [-0.25, -0.2) is 4.98 Å². The molecule has 5 rings (SSSR count). The number of carbonyl (C=O) groups excluding carboxylic acids is 1. The molecule has 2 saturated heterocycles. The molecule has 2 fully saturated rings. The van der Waals surface area contributed by atoms with Crippen molar-refractivity contribution < 1.29 is 9.53 Å². The van der Waals surface area contributed by atoms with E-state index in [9.17, 15) is 4.79 Å². The number of amides is 1. The van der Waals surface area contributed by atoms with Crippen molar-refractivity contribution in [2.45, 2.75) is 19.4 Å². The Morgan fingerprint density at radius 2 is 1.87 bits per heavy atom. The van der Waals surface area contributed by atoms with Crippen LogP contribution >= 0.6 is 11.3 Å². The van der Waals surface area contributed by atoms with Gasteiger partial charge in [0.05, 0.1) is 31.9 Å². The fourth-order valence-electron chi connectivity index (χ4n) is 4.46. The molecule has 31 heavy (non-hydrogen) atoms. The van der Waals surface area contributed by atoms with Crippen LogP contribution in [-0.2, 0) is 28.9 Å². The van der Waals surface area contributed by atoms with Crippen LogP contribution in [0.3, 0.4) is 0 Å². The number of fused-ring (bicyclic) bond motifs is 1. The second-order valence-corrected chi connectivity index (χ2v) is 9.52. The monoisotopic (exact) mass is 442 g/mol. The maximum Gasteiger partial charge on any atom is 0.228 e. The molecule has 0 saturated carbocycles. The summed E-state index contributed by atoms with van der Waals surface area (Å²) in [5, 5.41) is 2.03. The maximum atomic E-state index is 13.0. The molecule has 2 aromatic rings. The second-order valence-electron chi connectivity index (χ2n) is 8.48. The van der Waals surface area contributed by atoms with E-state index in [1.54, 1.807) is 11.3 Å². The summed E-state index contributed by atoms with van der Waals surface area (Å²) < 4.78 is 5.52. The van der Waals surface area contributed by atoms with E-state index in [-0.39, 0.29) is 5.91 Å². The smallest absolute Gasteiger partial charge is 0.228 e. The van der Waals surface area contributed by atoms with Crippen molar-refractivity contribution in [2.24, 2.45) is 0 Å². The Bertz CT molecular complexity index is 907. The topological polar surface area (TPSA) is 65.0 Å². The van der Waals surface area contributed by atoms with Crippen molar-refractivity contribution in [3.05, 3.63) is 33.6 Å². The molecular formula is C22H30N6O2S. The van der Waals surface area contributed by atoms with Gasteiger partial charge in [0.25, 0.3) is 0 Å². The molecule has 3 aliphatic rings. The number of morpholine rings is 1. The Morgan fingerprint density at radius 3 is 2.61 bits per heavy atom. The van der Waals surface area contributed by atoms with Gasteiger partial charge in [-0.2, -0.15) is 4.98 Å². The first-order valence-corrected chi connectivity index (χ1v) is 12.0. The second kappa shape index (κ2) is 9.10. The summed E-state index contributed by atoms with van der Waals surface area (Å²) in [6.45, 7) is 8.35. The molecule has 166 valence electrons. The lowest BCUT2D eigenvalue weighted by atomic mass is 10.0. The average Bonchev–Trinajstić information content (AvgIpc) is 3.32. The number of piperazine rings is 1. The van der Waals surface area contributed by atoms with E-state index in [0.717, 1.165) is 93.3 Å². The number of carbonyl (C=O) groups is 1. The zero-order valence-corrected chi connectivity index (χ0v) is 18.9. The Hall–Kier alpha value is -2.23. The molecule has 0 spiro atoms. The first-order chi connectivity index (χ1) is 15.2. The van der Waals surface area contributed by atoms with Crippen LogP contribution in [0.15, 0.2) is 17.5 Å². The van der Waals surface area contributed by atoms with Gasteiger partial charge in [-0.1, -0.05) is 6.07 Å². The third-order valence-electron chi connectivity index (χ3n) is 6.38. The van der Waals surface area contributed by atoms with E-state index in [2.05, 4.69) is 21.7 Å². The lowest BCUT2D eigenvalue weighted by Gasteiger charge is -2.38. The number of likely N-dealkylation sites (N-methyl/N-ethyl adjacent to an activating group) is 1. The largest absolute Gasteiger partial charge is 0.378 e. The highest BCUT2D eigenvalue weighted by molar-refractivity contribution is 7.10. The SMILES string of the molecule is CN1CCN(c2nc(N3CCOCC3)nc3c2CN(C(=O)Cc2cccs2)CC3)CC1. The Morgan fingerprint density at radius 1 is 1.06 bits per heavy atom. The van der Waals surface area contributed by atoms with Gasteiger partial charge in [0.2, 0.25) is 11.9 Å². The molecule has 0 aromatic carbocycles. The number of aromatic nitrogens is 2. The first kappa shape index (κ1) is 20.7. The maximum absolute atomic E-state index is 13.0. The minimum absolute atomic E-state index is 0.190. The molecule has 8 nitrogen and oxygen atoms in total. The fraction of sp³-hybridized carbons (Fsp3) is 0.591. The molecule has 1 amide bonds. The van der Waals surface area contributed by atoms with Crippen molar-refractivity contribution in [2.75, 3.05) is 75.9 Å². The van der Waals surface area contributed by atoms with Gasteiger partial charge in [0.15, 0.2) is 0 Å². The lowest BCUT2D eigenvalue weighted by molar-refractivity contribution is -0.131. The summed E-state index contributed by atoms with van der Waals surface area (Å²) >= 11 is 1.64. The van der Waals surface area contributed by atoms with Gasteiger partial charge in [-0.05, 0) is 18.5 Å². The van der Waals surface area contributed by atoms with Crippen LogP contribution in [-0.4, -0.2) is 91.7 Å². The van der Waals surface area contributed by atoms with E-state index in [0.29, 0.717) is 13.0 Å². The molecule has 5 heterocycles. The van der Waals surface area contributed by atoms with Crippen molar-refractivity contribution in [3.63, 3.8) is 0 Å². The molecular weight excluding hydrogens is 412 g/mol. The van der Waals surface area contributed by atoms with Gasteiger partial charge < -0.3 is 24.3 Å². The summed E-state index contributed by atoms with van der Waals surface area (Å²) in [6.07, 6.45) is 1.26. The summed E-state index contributed by atoms with van der Waals surface area (Å²) in [6, 6.07) is 4.04. The number of thiophene rings is 1. The average molecular weight is 443 g/mol. The highest BCUT2D eigenvalue weighted by Crippen LogP contribution is 2.30. The Labute approximate surface area is 187 Å². The third kappa shape index (κ3) is 4.53. The van der Waals surface area contributed by atoms with Crippen molar-refractivity contribution in [1.82, 2.24) is 19.8 Å². The zero-order valence-electron chi connectivity index (χ0n) is 18.1. The van der Waals surface area contributed by atoms with Crippen LogP contribution in [0.5, 0.6) is 0 Å². The number of anilines is 2. The van der Waals surface area contributed by atoms with Crippen LogP contribution in [0, 0.1) is 0 Å². The van der Waals surface area contributed by atoms with Gasteiger partial charge in [-0.3, -0.25) is 4.79 Å². The Balaban J connectivity index is 1.42. The van der Waals surface area contributed by atoms with Crippen LogP contribution < -0.4 is 9.80 Å². The van der Waals surface area contributed by atoms with E-state index >= 15 is 0 Å². The fourth-order valence-corrected chi connectivity index (χ4v) is 5.15. The summed E-state index contributed by atoms with van der Waals surface area (Å²) in [4.78, 5) is 33.1. The highest BCUT2D eigenvalue weighted by atomic mass is 32.1. The van der Waals surface area contributed by atoms with E-state index in [1.807, 2.05) is 22.4 Å². The molecule has 9 heteroatoms. The van der Waals surface area contributed by atoms with Crippen molar-refractivity contribution in [3.8, 4) is 0 Å². The molecule has 0 N–H and O–H groups in total. The molecule has 0 aliphatic carbocycles. The molecule has 3 aliphatic heterocycles. The number of hydrogen-bond donors (Lipinski definition) is 0. The van der Waals surface area contributed by atoms with E-state index in [1.165, 1.54) is 0 Å². The minimum Gasteiger partial charge on any atom is -0.378 e. The van der Waals surface area contributed by atoms with Crippen LogP contribution in [0.1, 0.15) is 16.1 Å². The first-order valence-electron chi connectivity index (χ1n) is 11.1. The molecule has 0 atom stereocenters. The number of rotatable bonds is 4. The number of nitrogens with zero attached hydrogens (tertiary/aromatic N) is 6. The predicted molar refractivity (Wildman–Crippen MR) is 122 cm³/mol. The number of ether oxygens (including phenoxy) is 1. The van der Waals surface area contributed by atoms with E-state index in [4.69, 9.17) is 14.7 Å². The normalized spacial score (nSPS) is 20.1. The minimum atomic E-state index is 0.190. The van der Waals surface area contributed by atoms with Crippen LogP contribution in [0.25, 0.3) is 0 Å². The quantitative estimate of drug-likeness (QED) is 0.706. The summed E-state index contributed by atoms with van der Waals surface area (Å²) in [7, 11) is 2.16. The van der Waals surface area contributed by atoms with Crippen LogP contribution in [0.4, 0.5) is 11.8 Å². The molecule has 2 aromatic heterocycles. The molecule has 0 unspecified atom stereocenters. The van der Waals surface area contributed by atoms with Crippen molar-refractivity contribution in [1.29, 1.82) is 0 Å². The zero-order chi connectivity index (χ0) is 21.2. The van der Waals surface area contributed by atoms with E-state index < -0.39 is 0 Å². The summed E-state index contributed by atoms with van der Waals surface area (Å²) in [5.74, 6) is 2.03. The third-order valence-corrected chi connectivity index (χ3v) is 7.26. The van der Waals surface area contributed by atoms with Gasteiger partial charge in [0, 0.05) is 62.7 Å². The number of hydrogen-bond acceptors (Lipinski definition) is 8. The van der Waals surface area contributed by atoms with Gasteiger partial charge in [-0.15, -0.1) is 11.3 Å². The van der Waals surface area contributed by atoms with Gasteiger partial charge >= 0.3 is 0 Å². The van der Waals surface area contributed by atoms with Gasteiger partial charge in [0.1, 0.15) is 5.82 Å². The van der Waals surface area contributed by atoms with Crippen LogP contribution in [0.2, 0.25) is 0 Å². The lowest BCUT2D eigenvalue weighted by Crippen LogP contribution is -2.46. The Kier molecular flexibility index (Phi) is 6.06. The summed E-state index contributed by atoms with van der Waals surface area (Å²) in [5.41, 5.74) is 2.23.